The quantitative estimate of drug-likeness (QED) is 0.605. The Kier molecular flexibility index (Phi) is 1.49. The van der Waals surface area contributed by atoms with Gasteiger partial charge in [0.25, 0.3) is 0 Å². The Balaban J connectivity index is 2.23. The minimum atomic E-state index is 0.969. The molecule has 0 saturated carbocycles. The van der Waals surface area contributed by atoms with Gasteiger partial charge in [0.2, 0.25) is 0 Å². The number of aryl methyl sites for hydroxylation is 1. The van der Waals surface area contributed by atoms with Gasteiger partial charge in [-0.05, 0) is 6.07 Å². The molecule has 4 nitrogen and oxygen atoms in total. The molecule has 3 heterocycles. The van der Waals surface area contributed by atoms with Gasteiger partial charge in [0, 0.05) is 31.0 Å². The SMILES string of the molecule is Cn1nccc1-c1cn2ccsc2n1. The van der Waals surface area contributed by atoms with Gasteiger partial charge in [-0.1, -0.05) is 0 Å². The van der Waals surface area contributed by atoms with E-state index in [1.165, 1.54) is 0 Å². The van der Waals surface area contributed by atoms with E-state index in [1.54, 1.807) is 17.5 Å². The second kappa shape index (κ2) is 2.68. The molecule has 0 unspecified atom stereocenters. The molecule has 0 fully saturated rings. The molecule has 0 amide bonds. The average Bonchev–Trinajstić information content (AvgIpc) is 2.75. The molecule has 0 bridgehead atoms. The van der Waals surface area contributed by atoms with Crippen LogP contribution < -0.4 is 0 Å². The van der Waals surface area contributed by atoms with Crippen molar-refractivity contribution >= 4 is 16.3 Å². The highest BCUT2D eigenvalue weighted by molar-refractivity contribution is 7.15. The van der Waals surface area contributed by atoms with Crippen LogP contribution in [0.1, 0.15) is 0 Å². The first-order valence-corrected chi connectivity index (χ1v) is 5.13. The molecule has 0 aliphatic heterocycles. The number of imidazole rings is 1. The first-order chi connectivity index (χ1) is 6.84. The standard InChI is InChI=1S/C9H8N4S/c1-12-8(2-3-10-12)7-6-13-4-5-14-9(13)11-7/h2-6H,1H3. The van der Waals surface area contributed by atoms with Gasteiger partial charge >= 0.3 is 0 Å². The molecule has 0 spiro atoms. The van der Waals surface area contributed by atoms with Crippen LogP contribution in [0, 0.1) is 0 Å². The molecule has 14 heavy (non-hydrogen) atoms. The summed E-state index contributed by atoms with van der Waals surface area (Å²) >= 11 is 1.63. The molecule has 0 aromatic carbocycles. The van der Waals surface area contributed by atoms with E-state index in [9.17, 15) is 0 Å². The minimum absolute atomic E-state index is 0.969. The molecule has 3 aromatic heterocycles. The zero-order chi connectivity index (χ0) is 9.54. The Hall–Kier alpha value is -1.62. The van der Waals surface area contributed by atoms with E-state index in [-0.39, 0.29) is 0 Å². The minimum Gasteiger partial charge on any atom is -0.297 e. The van der Waals surface area contributed by atoms with Crippen molar-refractivity contribution in [3.63, 3.8) is 0 Å². The number of aromatic nitrogens is 4. The molecule has 0 aliphatic rings. The van der Waals surface area contributed by atoms with Crippen molar-refractivity contribution in [1.82, 2.24) is 19.2 Å². The summed E-state index contributed by atoms with van der Waals surface area (Å²) in [5.74, 6) is 0. The maximum atomic E-state index is 4.50. The molecule has 70 valence electrons. The van der Waals surface area contributed by atoms with Crippen molar-refractivity contribution < 1.29 is 0 Å². The normalized spacial score (nSPS) is 11.2. The number of thiazole rings is 1. The third-order valence-corrected chi connectivity index (χ3v) is 2.95. The highest BCUT2D eigenvalue weighted by atomic mass is 32.1. The van der Waals surface area contributed by atoms with Gasteiger partial charge in [-0.2, -0.15) is 5.10 Å². The average molecular weight is 204 g/mol. The summed E-state index contributed by atoms with van der Waals surface area (Å²) in [5.41, 5.74) is 2.01. The third kappa shape index (κ3) is 0.990. The van der Waals surface area contributed by atoms with Crippen molar-refractivity contribution in [2.75, 3.05) is 0 Å². The van der Waals surface area contributed by atoms with E-state index >= 15 is 0 Å². The van der Waals surface area contributed by atoms with Gasteiger partial charge in [-0.25, -0.2) is 4.98 Å². The number of hydrogen-bond acceptors (Lipinski definition) is 3. The van der Waals surface area contributed by atoms with Gasteiger partial charge in [-0.15, -0.1) is 11.3 Å². The molecule has 0 radical (unpaired) electrons. The lowest BCUT2D eigenvalue weighted by Crippen LogP contribution is -1.92. The lowest BCUT2D eigenvalue weighted by molar-refractivity contribution is 0.774. The summed E-state index contributed by atoms with van der Waals surface area (Å²) in [6.07, 6.45) is 5.80. The Bertz CT molecular complexity index is 546. The van der Waals surface area contributed by atoms with Crippen LogP contribution in [-0.4, -0.2) is 19.2 Å². The molecule has 0 N–H and O–H groups in total. The summed E-state index contributed by atoms with van der Waals surface area (Å²) in [6, 6.07) is 1.96. The van der Waals surface area contributed by atoms with Crippen molar-refractivity contribution in [3.05, 3.63) is 30.0 Å². The van der Waals surface area contributed by atoms with Crippen LogP contribution in [0.15, 0.2) is 30.0 Å². The fourth-order valence-corrected chi connectivity index (χ4v) is 2.18. The van der Waals surface area contributed by atoms with E-state index < -0.39 is 0 Å². The van der Waals surface area contributed by atoms with Crippen LogP contribution in [0.5, 0.6) is 0 Å². The summed E-state index contributed by atoms with van der Waals surface area (Å²) < 4.78 is 3.85. The maximum absolute atomic E-state index is 4.50. The van der Waals surface area contributed by atoms with E-state index in [1.807, 2.05) is 40.0 Å². The van der Waals surface area contributed by atoms with Gasteiger partial charge in [-0.3, -0.25) is 9.08 Å². The lowest BCUT2D eigenvalue weighted by Gasteiger charge is -1.94. The first kappa shape index (κ1) is 7.75. The van der Waals surface area contributed by atoms with Gasteiger partial charge in [0.1, 0.15) is 5.69 Å². The van der Waals surface area contributed by atoms with Crippen LogP contribution in [0.4, 0.5) is 0 Å². The Labute approximate surface area is 84.4 Å². The number of rotatable bonds is 1. The summed E-state index contributed by atoms with van der Waals surface area (Å²) in [7, 11) is 1.92. The summed E-state index contributed by atoms with van der Waals surface area (Å²) in [6.45, 7) is 0. The topological polar surface area (TPSA) is 35.1 Å². The predicted molar refractivity (Wildman–Crippen MR) is 55.3 cm³/mol. The largest absolute Gasteiger partial charge is 0.297 e. The monoisotopic (exact) mass is 204 g/mol. The van der Waals surface area contributed by atoms with Gasteiger partial charge in [0.05, 0.1) is 5.69 Å². The van der Waals surface area contributed by atoms with Gasteiger partial charge in [0.15, 0.2) is 4.96 Å². The van der Waals surface area contributed by atoms with E-state index in [4.69, 9.17) is 0 Å². The third-order valence-electron chi connectivity index (χ3n) is 2.18. The first-order valence-electron chi connectivity index (χ1n) is 4.25. The second-order valence-electron chi connectivity index (χ2n) is 3.06. The Morgan fingerprint density at radius 2 is 2.36 bits per heavy atom. The smallest absolute Gasteiger partial charge is 0.194 e. The highest BCUT2D eigenvalue weighted by Gasteiger charge is 2.07. The number of fused-ring (bicyclic) bond motifs is 1. The van der Waals surface area contributed by atoms with E-state index in [0.29, 0.717) is 0 Å². The highest BCUT2D eigenvalue weighted by Crippen LogP contribution is 2.20. The van der Waals surface area contributed by atoms with Crippen LogP contribution >= 0.6 is 11.3 Å². The molecule has 0 atom stereocenters. The maximum Gasteiger partial charge on any atom is 0.194 e. The molecular weight excluding hydrogens is 196 g/mol. The van der Waals surface area contributed by atoms with Crippen molar-refractivity contribution in [2.45, 2.75) is 0 Å². The van der Waals surface area contributed by atoms with Crippen LogP contribution in [0.2, 0.25) is 0 Å². The van der Waals surface area contributed by atoms with Crippen molar-refractivity contribution in [3.8, 4) is 11.4 Å². The summed E-state index contributed by atoms with van der Waals surface area (Å²) in [5, 5.41) is 6.14. The fourth-order valence-electron chi connectivity index (χ4n) is 1.48. The van der Waals surface area contributed by atoms with E-state index in [0.717, 1.165) is 16.3 Å². The summed E-state index contributed by atoms with van der Waals surface area (Å²) in [4.78, 5) is 5.51. The van der Waals surface area contributed by atoms with Crippen LogP contribution in [-0.2, 0) is 7.05 Å². The zero-order valence-corrected chi connectivity index (χ0v) is 8.40. The molecule has 3 aromatic rings. The van der Waals surface area contributed by atoms with Crippen LogP contribution in [0.3, 0.4) is 0 Å². The lowest BCUT2D eigenvalue weighted by atomic mass is 10.3. The molecule has 0 saturated heterocycles. The zero-order valence-electron chi connectivity index (χ0n) is 7.58. The number of nitrogens with zero attached hydrogens (tertiary/aromatic N) is 4. The molecule has 0 aliphatic carbocycles. The van der Waals surface area contributed by atoms with Crippen molar-refractivity contribution in [1.29, 1.82) is 0 Å². The molecular formula is C9H8N4S. The van der Waals surface area contributed by atoms with Gasteiger partial charge < -0.3 is 0 Å². The van der Waals surface area contributed by atoms with E-state index in [2.05, 4.69) is 10.1 Å². The number of hydrogen-bond donors (Lipinski definition) is 0. The predicted octanol–water partition coefficient (Wildman–Crippen LogP) is 1.80. The second-order valence-corrected chi connectivity index (χ2v) is 3.93. The Morgan fingerprint density at radius 3 is 3.07 bits per heavy atom. The molecule has 3 rings (SSSR count). The fraction of sp³-hybridized carbons (Fsp3) is 0.111. The van der Waals surface area contributed by atoms with Crippen LogP contribution in [0.25, 0.3) is 16.3 Å². The van der Waals surface area contributed by atoms with Crippen molar-refractivity contribution in [2.24, 2.45) is 7.05 Å². The molecule has 5 heteroatoms. The Morgan fingerprint density at radius 1 is 1.43 bits per heavy atom.